The third-order valence-electron chi connectivity index (χ3n) is 4.84. The highest BCUT2D eigenvalue weighted by Gasteiger charge is 2.11. The van der Waals surface area contributed by atoms with E-state index in [1.807, 2.05) is 44.2 Å². The van der Waals surface area contributed by atoms with E-state index >= 15 is 0 Å². The van der Waals surface area contributed by atoms with Crippen molar-refractivity contribution >= 4 is 46.7 Å². The number of esters is 1. The van der Waals surface area contributed by atoms with Gasteiger partial charge in [-0.15, -0.1) is 0 Å². The summed E-state index contributed by atoms with van der Waals surface area (Å²) in [6, 6.07) is 16.2. The highest BCUT2D eigenvalue weighted by molar-refractivity contribution is 7.80. The van der Waals surface area contributed by atoms with Crippen LogP contribution in [0.2, 0.25) is 0 Å². The summed E-state index contributed by atoms with van der Waals surface area (Å²) in [6.07, 6.45) is 1.74. The molecule has 0 atom stereocenters. The first-order valence-corrected chi connectivity index (χ1v) is 12.1. The summed E-state index contributed by atoms with van der Waals surface area (Å²) >= 11 is 4.99. The molecule has 192 valence electrons. The first-order valence-electron chi connectivity index (χ1n) is 11.7. The molecule has 0 spiro atoms. The van der Waals surface area contributed by atoms with Crippen LogP contribution in [-0.4, -0.2) is 35.4 Å². The Morgan fingerprint density at radius 2 is 1.58 bits per heavy atom. The van der Waals surface area contributed by atoms with Crippen molar-refractivity contribution in [2.45, 2.75) is 46.0 Å². The normalized spacial score (nSPS) is 10.3. The number of nitrogens with one attached hydrogen (secondary N) is 4. The summed E-state index contributed by atoms with van der Waals surface area (Å²) in [5, 5.41) is 5.04. The molecule has 0 heterocycles. The van der Waals surface area contributed by atoms with Gasteiger partial charge in [0, 0.05) is 24.1 Å². The molecule has 0 aliphatic rings. The van der Waals surface area contributed by atoms with Gasteiger partial charge in [0.2, 0.25) is 11.8 Å². The smallest absolute Gasteiger partial charge is 0.306 e. The van der Waals surface area contributed by atoms with Crippen molar-refractivity contribution in [1.82, 2.24) is 16.2 Å². The lowest BCUT2D eigenvalue weighted by molar-refractivity contribution is -0.145. The molecule has 0 radical (unpaired) electrons. The number of anilines is 1. The third-order valence-corrected chi connectivity index (χ3v) is 5.04. The van der Waals surface area contributed by atoms with E-state index in [1.54, 1.807) is 24.3 Å². The Hall–Kier alpha value is -3.79. The van der Waals surface area contributed by atoms with E-state index in [1.165, 1.54) is 5.56 Å². The number of hydrogen-bond acceptors (Lipinski definition) is 6. The van der Waals surface area contributed by atoms with Crippen LogP contribution < -0.4 is 21.5 Å². The third kappa shape index (κ3) is 11.6. The molecule has 2 aromatic rings. The number of carbonyl (C=O) groups is 4. The van der Waals surface area contributed by atoms with Crippen LogP contribution in [-0.2, 0) is 25.5 Å². The van der Waals surface area contributed by atoms with Crippen LogP contribution in [0.15, 0.2) is 54.6 Å². The van der Waals surface area contributed by atoms with Gasteiger partial charge < -0.3 is 15.4 Å². The fraction of sp³-hybridized carbons (Fsp3) is 0.346. The quantitative estimate of drug-likeness (QED) is 0.158. The monoisotopic (exact) mass is 512 g/mol. The molecular weight excluding hydrogens is 480 g/mol. The molecule has 3 amide bonds. The lowest BCUT2D eigenvalue weighted by Crippen LogP contribution is -2.48. The largest absolute Gasteiger partial charge is 0.466 e. The molecule has 10 heteroatoms. The van der Waals surface area contributed by atoms with Gasteiger partial charge in [-0.2, -0.15) is 0 Å². The molecule has 36 heavy (non-hydrogen) atoms. The molecule has 2 aromatic carbocycles. The summed E-state index contributed by atoms with van der Waals surface area (Å²) in [7, 11) is 0. The molecule has 0 saturated carbocycles. The SMILES string of the molecule is CC(C)CC(=O)Nc1ccc(C(=O)NNC(=S)NC(=O)CCC(=O)OCCCc2ccccc2)cc1. The van der Waals surface area contributed by atoms with Crippen molar-refractivity contribution in [2.24, 2.45) is 5.92 Å². The van der Waals surface area contributed by atoms with Crippen LogP contribution in [0.5, 0.6) is 0 Å². The number of aryl methyl sites for hydroxylation is 1. The Labute approximate surface area is 216 Å². The Kier molecular flexibility index (Phi) is 12.1. The number of rotatable bonds is 11. The Bertz CT molecular complexity index is 1040. The lowest BCUT2D eigenvalue weighted by Gasteiger charge is -2.11. The Morgan fingerprint density at radius 3 is 2.25 bits per heavy atom. The Balaban J connectivity index is 1.61. The summed E-state index contributed by atoms with van der Waals surface area (Å²) < 4.78 is 5.15. The molecule has 0 bridgehead atoms. The number of hydrazine groups is 1. The second-order valence-electron chi connectivity index (χ2n) is 8.49. The minimum atomic E-state index is -0.482. The first-order chi connectivity index (χ1) is 17.2. The molecule has 9 nitrogen and oxygen atoms in total. The second kappa shape index (κ2) is 15.3. The lowest BCUT2D eigenvalue weighted by atomic mass is 10.1. The van der Waals surface area contributed by atoms with Gasteiger partial charge in [0.1, 0.15) is 0 Å². The average molecular weight is 513 g/mol. The predicted molar refractivity (Wildman–Crippen MR) is 141 cm³/mol. The topological polar surface area (TPSA) is 126 Å². The van der Waals surface area contributed by atoms with E-state index in [-0.39, 0.29) is 36.4 Å². The van der Waals surface area contributed by atoms with Gasteiger partial charge in [-0.25, -0.2) is 0 Å². The van der Waals surface area contributed by atoms with E-state index in [4.69, 9.17) is 17.0 Å². The number of thiocarbonyl (C=S) groups is 1. The number of ether oxygens (including phenoxy) is 1. The van der Waals surface area contributed by atoms with Gasteiger partial charge in [0.15, 0.2) is 5.11 Å². The fourth-order valence-electron chi connectivity index (χ4n) is 3.09. The van der Waals surface area contributed by atoms with Crippen molar-refractivity contribution < 1.29 is 23.9 Å². The first kappa shape index (κ1) is 28.4. The molecular formula is C26H32N4O5S. The van der Waals surface area contributed by atoms with E-state index in [2.05, 4.69) is 21.5 Å². The average Bonchev–Trinajstić information content (AvgIpc) is 2.84. The zero-order valence-electron chi connectivity index (χ0n) is 20.5. The number of hydrogen-bond donors (Lipinski definition) is 4. The zero-order chi connectivity index (χ0) is 26.3. The summed E-state index contributed by atoms with van der Waals surface area (Å²) in [6.45, 7) is 4.19. The molecule has 4 N–H and O–H groups in total. The van der Waals surface area contributed by atoms with Crippen LogP contribution in [0.4, 0.5) is 5.69 Å². The van der Waals surface area contributed by atoms with Gasteiger partial charge in [0.05, 0.1) is 13.0 Å². The Morgan fingerprint density at radius 1 is 0.889 bits per heavy atom. The highest BCUT2D eigenvalue weighted by atomic mass is 32.1. The van der Waals surface area contributed by atoms with Gasteiger partial charge in [0.25, 0.3) is 5.91 Å². The maximum absolute atomic E-state index is 12.3. The number of carbonyl (C=O) groups excluding carboxylic acids is 4. The van der Waals surface area contributed by atoms with Gasteiger partial charge in [-0.1, -0.05) is 44.2 Å². The van der Waals surface area contributed by atoms with E-state index < -0.39 is 17.8 Å². The van der Waals surface area contributed by atoms with Crippen LogP contribution in [0, 0.1) is 5.92 Å². The molecule has 0 aromatic heterocycles. The summed E-state index contributed by atoms with van der Waals surface area (Å²) in [5.74, 6) is -1.28. The maximum atomic E-state index is 12.3. The molecule has 0 unspecified atom stereocenters. The van der Waals surface area contributed by atoms with E-state index in [0.717, 1.165) is 6.42 Å². The number of amides is 3. The zero-order valence-corrected chi connectivity index (χ0v) is 21.3. The van der Waals surface area contributed by atoms with Gasteiger partial charge in [-0.05, 0) is 60.8 Å². The highest BCUT2D eigenvalue weighted by Crippen LogP contribution is 2.11. The van der Waals surface area contributed by atoms with Crippen LogP contribution in [0.3, 0.4) is 0 Å². The molecule has 0 aliphatic carbocycles. The molecule has 2 rings (SSSR count). The number of benzene rings is 2. The summed E-state index contributed by atoms with van der Waals surface area (Å²) in [4.78, 5) is 47.9. The summed E-state index contributed by atoms with van der Waals surface area (Å²) in [5.41, 5.74) is 6.90. The van der Waals surface area contributed by atoms with Crippen LogP contribution in [0.1, 0.15) is 55.5 Å². The van der Waals surface area contributed by atoms with Crippen molar-refractivity contribution in [3.05, 3.63) is 65.7 Å². The van der Waals surface area contributed by atoms with Crippen molar-refractivity contribution in [2.75, 3.05) is 11.9 Å². The van der Waals surface area contributed by atoms with Crippen LogP contribution >= 0.6 is 12.2 Å². The fourth-order valence-corrected chi connectivity index (χ4v) is 3.25. The second-order valence-corrected chi connectivity index (χ2v) is 8.90. The van der Waals surface area contributed by atoms with Crippen molar-refractivity contribution in [3.8, 4) is 0 Å². The minimum Gasteiger partial charge on any atom is -0.466 e. The standard InChI is InChI=1S/C26H32N4O5S/c1-18(2)17-23(32)27-21-12-10-20(11-13-21)25(34)29-30-26(36)28-22(31)14-15-24(33)35-16-6-9-19-7-4-3-5-8-19/h3-5,7-8,10-13,18H,6,9,14-17H2,1-2H3,(H,27,32)(H,29,34)(H2,28,30,31,36). The van der Waals surface area contributed by atoms with Crippen molar-refractivity contribution in [3.63, 3.8) is 0 Å². The van der Waals surface area contributed by atoms with E-state index in [9.17, 15) is 19.2 Å². The molecule has 0 aliphatic heterocycles. The van der Waals surface area contributed by atoms with Gasteiger partial charge >= 0.3 is 5.97 Å². The van der Waals surface area contributed by atoms with E-state index in [0.29, 0.717) is 24.1 Å². The minimum absolute atomic E-state index is 0.0772. The molecule has 0 fully saturated rings. The van der Waals surface area contributed by atoms with Gasteiger partial charge in [-0.3, -0.25) is 30.0 Å². The maximum Gasteiger partial charge on any atom is 0.306 e. The predicted octanol–water partition coefficient (Wildman–Crippen LogP) is 3.26. The van der Waals surface area contributed by atoms with Crippen molar-refractivity contribution in [1.29, 1.82) is 0 Å². The van der Waals surface area contributed by atoms with Crippen LogP contribution in [0.25, 0.3) is 0 Å². The molecule has 0 saturated heterocycles.